The van der Waals surface area contributed by atoms with E-state index in [2.05, 4.69) is 45.3 Å². The Morgan fingerprint density at radius 3 is 2.07 bits per heavy atom. The Morgan fingerprint density at radius 1 is 0.926 bits per heavy atom. The van der Waals surface area contributed by atoms with Crippen molar-refractivity contribution in [3.05, 3.63) is 65.2 Å². The third-order valence-electron chi connectivity index (χ3n) is 4.40. The summed E-state index contributed by atoms with van der Waals surface area (Å²) in [6.07, 6.45) is 0.927. The van der Waals surface area contributed by atoms with Crippen LogP contribution in [0.2, 0.25) is 0 Å². The van der Waals surface area contributed by atoms with E-state index in [1.165, 1.54) is 5.56 Å². The van der Waals surface area contributed by atoms with Crippen LogP contribution in [-0.2, 0) is 5.41 Å². The maximum atomic E-state index is 12.5. The Kier molecular flexibility index (Phi) is 6.78. The molecule has 0 saturated carbocycles. The molecule has 0 heterocycles. The van der Waals surface area contributed by atoms with Crippen LogP contribution in [0.5, 0.6) is 0 Å². The summed E-state index contributed by atoms with van der Waals surface area (Å²) in [5.41, 5.74) is 2.97. The van der Waals surface area contributed by atoms with Gasteiger partial charge in [0.05, 0.1) is 0 Å². The number of nitrogens with one attached hydrogen (secondary N) is 2. The molecule has 2 aromatic rings. The van der Waals surface area contributed by atoms with Gasteiger partial charge in [0.1, 0.15) is 0 Å². The SMILES string of the molecule is CC(C)CCNC(=O)c1cccc(C(=O)Nc2ccc(C(C)(C)C)cc2)c1. The molecule has 0 aliphatic rings. The van der Waals surface area contributed by atoms with Gasteiger partial charge >= 0.3 is 0 Å². The van der Waals surface area contributed by atoms with Crippen molar-refractivity contribution in [1.82, 2.24) is 5.32 Å². The second-order valence-corrected chi connectivity index (χ2v) is 8.30. The molecule has 4 nitrogen and oxygen atoms in total. The van der Waals surface area contributed by atoms with Crippen LogP contribution in [-0.4, -0.2) is 18.4 Å². The predicted octanol–water partition coefficient (Wildman–Crippen LogP) is 5.01. The first-order chi connectivity index (χ1) is 12.7. The van der Waals surface area contributed by atoms with Gasteiger partial charge in [-0.15, -0.1) is 0 Å². The van der Waals surface area contributed by atoms with E-state index in [0.29, 0.717) is 23.6 Å². The van der Waals surface area contributed by atoms with Crippen molar-refractivity contribution in [2.45, 2.75) is 46.5 Å². The molecule has 2 N–H and O–H groups in total. The zero-order chi connectivity index (χ0) is 20.0. The fourth-order valence-corrected chi connectivity index (χ4v) is 2.63. The number of hydrogen-bond acceptors (Lipinski definition) is 2. The van der Waals surface area contributed by atoms with Crippen molar-refractivity contribution in [1.29, 1.82) is 0 Å². The Hall–Kier alpha value is -2.62. The number of amides is 2. The zero-order valence-electron chi connectivity index (χ0n) is 16.9. The molecule has 0 spiro atoms. The van der Waals surface area contributed by atoms with Crippen molar-refractivity contribution in [2.24, 2.45) is 5.92 Å². The maximum absolute atomic E-state index is 12.5. The van der Waals surface area contributed by atoms with Crippen molar-refractivity contribution >= 4 is 17.5 Å². The van der Waals surface area contributed by atoms with E-state index < -0.39 is 0 Å². The lowest BCUT2D eigenvalue weighted by atomic mass is 9.87. The fraction of sp³-hybridized carbons (Fsp3) is 0.391. The summed E-state index contributed by atoms with van der Waals surface area (Å²) >= 11 is 0. The van der Waals surface area contributed by atoms with Crippen molar-refractivity contribution < 1.29 is 9.59 Å². The summed E-state index contributed by atoms with van der Waals surface area (Å²) in [6.45, 7) is 11.3. The standard InChI is InChI=1S/C23H30N2O2/c1-16(2)13-14-24-21(26)17-7-6-8-18(15-17)22(27)25-20-11-9-19(10-12-20)23(3,4)5/h6-12,15-16H,13-14H2,1-5H3,(H,24,26)(H,25,27). The van der Waals surface area contributed by atoms with Gasteiger partial charge in [0.2, 0.25) is 0 Å². The van der Waals surface area contributed by atoms with Crippen molar-refractivity contribution in [3.63, 3.8) is 0 Å². The van der Waals surface area contributed by atoms with Gasteiger partial charge in [-0.05, 0) is 53.6 Å². The molecular weight excluding hydrogens is 336 g/mol. The largest absolute Gasteiger partial charge is 0.352 e. The molecule has 4 heteroatoms. The number of rotatable bonds is 6. The highest BCUT2D eigenvalue weighted by molar-refractivity contribution is 6.06. The first-order valence-electron chi connectivity index (χ1n) is 9.47. The van der Waals surface area contributed by atoms with Gasteiger partial charge in [0, 0.05) is 23.4 Å². The summed E-state index contributed by atoms with van der Waals surface area (Å²) in [7, 11) is 0. The molecule has 0 unspecified atom stereocenters. The van der Waals surface area contributed by atoms with E-state index in [4.69, 9.17) is 0 Å². The van der Waals surface area contributed by atoms with Gasteiger partial charge in [-0.2, -0.15) is 0 Å². The number of hydrogen-bond donors (Lipinski definition) is 2. The highest BCUT2D eigenvalue weighted by Crippen LogP contribution is 2.23. The quantitative estimate of drug-likeness (QED) is 0.755. The average Bonchev–Trinajstić information content (AvgIpc) is 2.61. The lowest BCUT2D eigenvalue weighted by Crippen LogP contribution is -2.25. The van der Waals surface area contributed by atoms with Crippen LogP contribution < -0.4 is 10.6 Å². The number of carbonyl (C=O) groups excluding carboxylic acids is 2. The molecule has 2 amide bonds. The average molecular weight is 367 g/mol. The molecule has 0 aliphatic heterocycles. The Balaban J connectivity index is 2.03. The van der Waals surface area contributed by atoms with Gasteiger partial charge in [-0.25, -0.2) is 0 Å². The van der Waals surface area contributed by atoms with Crippen LogP contribution >= 0.6 is 0 Å². The predicted molar refractivity (Wildman–Crippen MR) is 111 cm³/mol. The number of carbonyl (C=O) groups is 2. The molecule has 2 aromatic carbocycles. The zero-order valence-corrected chi connectivity index (χ0v) is 16.9. The third-order valence-corrected chi connectivity index (χ3v) is 4.40. The molecule has 27 heavy (non-hydrogen) atoms. The number of benzene rings is 2. The number of anilines is 1. The van der Waals surface area contributed by atoms with Crippen LogP contribution in [0.4, 0.5) is 5.69 Å². The molecule has 2 rings (SSSR count). The van der Waals surface area contributed by atoms with Gasteiger partial charge < -0.3 is 10.6 Å². The summed E-state index contributed by atoms with van der Waals surface area (Å²) < 4.78 is 0. The maximum Gasteiger partial charge on any atom is 0.255 e. The first-order valence-corrected chi connectivity index (χ1v) is 9.47. The van der Waals surface area contributed by atoms with E-state index in [1.54, 1.807) is 24.3 Å². The molecule has 0 bridgehead atoms. The molecular formula is C23H30N2O2. The van der Waals surface area contributed by atoms with E-state index in [1.807, 2.05) is 24.3 Å². The minimum Gasteiger partial charge on any atom is -0.352 e. The van der Waals surface area contributed by atoms with Crippen LogP contribution in [0.1, 0.15) is 67.3 Å². The molecule has 0 aliphatic carbocycles. The van der Waals surface area contributed by atoms with E-state index in [0.717, 1.165) is 12.1 Å². The molecule has 0 aromatic heterocycles. The molecule has 0 radical (unpaired) electrons. The Bertz CT molecular complexity index is 787. The van der Waals surface area contributed by atoms with Gasteiger partial charge in [0.15, 0.2) is 0 Å². The van der Waals surface area contributed by atoms with Crippen LogP contribution in [0.3, 0.4) is 0 Å². The fourth-order valence-electron chi connectivity index (χ4n) is 2.63. The van der Waals surface area contributed by atoms with E-state index >= 15 is 0 Å². The van der Waals surface area contributed by atoms with Crippen LogP contribution in [0, 0.1) is 5.92 Å². The van der Waals surface area contributed by atoms with Crippen LogP contribution in [0.15, 0.2) is 48.5 Å². The molecule has 0 fully saturated rings. The normalized spacial score (nSPS) is 11.3. The van der Waals surface area contributed by atoms with Crippen molar-refractivity contribution in [2.75, 3.05) is 11.9 Å². The van der Waals surface area contributed by atoms with E-state index in [-0.39, 0.29) is 17.2 Å². The first kappa shape index (κ1) is 20.7. The smallest absolute Gasteiger partial charge is 0.255 e. The summed E-state index contributed by atoms with van der Waals surface area (Å²) in [4.78, 5) is 24.8. The minimum absolute atomic E-state index is 0.0692. The van der Waals surface area contributed by atoms with Crippen molar-refractivity contribution in [3.8, 4) is 0 Å². The highest BCUT2D eigenvalue weighted by atomic mass is 16.2. The monoisotopic (exact) mass is 366 g/mol. The molecule has 144 valence electrons. The van der Waals surface area contributed by atoms with Gasteiger partial charge in [0.25, 0.3) is 11.8 Å². The Morgan fingerprint density at radius 2 is 1.52 bits per heavy atom. The molecule has 0 atom stereocenters. The lowest BCUT2D eigenvalue weighted by Gasteiger charge is -2.19. The van der Waals surface area contributed by atoms with Gasteiger partial charge in [-0.1, -0.05) is 52.8 Å². The highest BCUT2D eigenvalue weighted by Gasteiger charge is 2.14. The summed E-state index contributed by atoms with van der Waals surface area (Å²) in [5.74, 6) is 0.155. The Labute approximate surface area is 162 Å². The third kappa shape index (κ3) is 6.24. The van der Waals surface area contributed by atoms with E-state index in [9.17, 15) is 9.59 Å². The summed E-state index contributed by atoms with van der Waals surface area (Å²) in [5, 5.41) is 5.79. The summed E-state index contributed by atoms with van der Waals surface area (Å²) in [6, 6.07) is 14.6. The second kappa shape index (κ2) is 8.85. The van der Waals surface area contributed by atoms with Gasteiger partial charge in [-0.3, -0.25) is 9.59 Å². The van der Waals surface area contributed by atoms with Crippen LogP contribution in [0.25, 0.3) is 0 Å². The second-order valence-electron chi connectivity index (χ2n) is 8.30. The lowest BCUT2D eigenvalue weighted by molar-refractivity contribution is 0.0952. The topological polar surface area (TPSA) is 58.2 Å². The molecule has 0 saturated heterocycles. The minimum atomic E-state index is -0.227.